The van der Waals surface area contributed by atoms with E-state index in [1.165, 1.54) is 32.1 Å². The van der Waals surface area contributed by atoms with Crippen LogP contribution in [0.1, 0.15) is 57.7 Å². The van der Waals surface area contributed by atoms with Crippen molar-refractivity contribution in [2.45, 2.75) is 57.9 Å². The first kappa shape index (κ1) is 12.1. The van der Waals surface area contributed by atoms with Gasteiger partial charge < -0.3 is 10.3 Å². The summed E-state index contributed by atoms with van der Waals surface area (Å²) in [5.41, 5.74) is -0.0676. The summed E-state index contributed by atoms with van der Waals surface area (Å²) >= 11 is 0. The van der Waals surface area contributed by atoms with Crippen molar-refractivity contribution in [1.29, 1.82) is 0 Å². The van der Waals surface area contributed by atoms with Crippen LogP contribution in [0.5, 0.6) is 0 Å². The van der Waals surface area contributed by atoms with Crippen molar-refractivity contribution in [2.75, 3.05) is 5.32 Å². The highest BCUT2D eigenvalue weighted by atomic mass is 16.1. The third-order valence-electron chi connectivity index (χ3n) is 3.26. The zero-order valence-electron chi connectivity index (χ0n) is 10.6. The van der Waals surface area contributed by atoms with E-state index in [1.54, 1.807) is 6.07 Å². The molecule has 1 aliphatic carbocycles. The lowest BCUT2D eigenvalue weighted by molar-refractivity contribution is 0.461. The number of hydrogen-bond donors (Lipinski definition) is 2. The molecule has 1 aliphatic rings. The molecule has 1 fully saturated rings. The lowest BCUT2D eigenvalue weighted by Crippen LogP contribution is -2.24. The van der Waals surface area contributed by atoms with Crippen LogP contribution in [0.25, 0.3) is 0 Å². The van der Waals surface area contributed by atoms with Gasteiger partial charge in [-0.1, -0.05) is 33.1 Å². The van der Waals surface area contributed by atoms with Gasteiger partial charge in [-0.15, -0.1) is 0 Å². The average Bonchev–Trinajstić information content (AvgIpc) is 2.29. The first-order valence-corrected chi connectivity index (χ1v) is 6.53. The maximum atomic E-state index is 11.5. The van der Waals surface area contributed by atoms with E-state index < -0.39 is 0 Å². The third-order valence-corrected chi connectivity index (χ3v) is 3.26. The number of H-pyrrole nitrogens is 1. The second kappa shape index (κ2) is 5.34. The first-order valence-electron chi connectivity index (χ1n) is 6.53. The second-order valence-electron chi connectivity index (χ2n) is 5.15. The van der Waals surface area contributed by atoms with Crippen molar-refractivity contribution in [3.05, 3.63) is 22.2 Å². The Kier molecular flexibility index (Phi) is 3.82. The Morgan fingerprint density at radius 1 is 1.35 bits per heavy atom. The molecule has 0 aromatic carbocycles. The normalized spacial score (nSPS) is 17.4. The fourth-order valence-corrected chi connectivity index (χ4v) is 2.28. The van der Waals surface area contributed by atoms with Crippen LogP contribution in [0.3, 0.4) is 0 Å². The van der Waals surface area contributed by atoms with Crippen LogP contribution in [-0.4, -0.2) is 16.0 Å². The third kappa shape index (κ3) is 3.32. The Balaban J connectivity index is 2.11. The molecule has 0 amide bonds. The molecule has 17 heavy (non-hydrogen) atoms. The molecule has 4 heteroatoms. The van der Waals surface area contributed by atoms with Crippen molar-refractivity contribution >= 4 is 5.82 Å². The van der Waals surface area contributed by atoms with E-state index in [-0.39, 0.29) is 11.5 Å². The monoisotopic (exact) mass is 235 g/mol. The molecule has 0 bridgehead atoms. The molecule has 2 N–H and O–H groups in total. The number of nitrogens with zero attached hydrogens (tertiary/aromatic N) is 1. The molecule has 0 atom stereocenters. The number of rotatable bonds is 3. The molecule has 4 nitrogen and oxygen atoms in total. The number of aromatic amines is 1. The molecular formula is C13H21N3O. The summed E-state index contributed by atoms with van der Waals surface area (Å²) in [5, 5.41) is 3.39. The van der Waals surface area contributed by atoms with Gasteiger partial charge in [0.15, 0.2) is 0 Å². The van der Waals surface area contributed by atoms with Crippen molar-refractivity contribution in [3.8, 4) is 0 Å². The molecule has 94 valence electrons. The lowest BCUT2D eigenvalue weighted by atomic mass is 9.95. The highest BCUT2D eigenvalue weighted by Gasteiger charge is 2.14. The molecule has 0 saturated heterocycles. The van der Waals surface area contributed by atoms with Gasteiger partial charge in [0.25, 0.3) is 5.56 Å². The molecule has 0 radical (unpaired) electrons. The van der Waals surface area contributed by atoms with E-state index in [2.05, 4.69) is 15.3 Å². The van der Waals surface area contributed by atoms with Gasteiger partial charge in [-0.25, -0.2) is 4.98 Å². The molecule has 1 heterocycles. The summed E-state index contributed by atoms with van der Waals surface area (Å²) in [4.78, 5) is 18.8. The van der Waals surface area contributed by atoms with E-state index in [9.17, 15) is 4.79 Å². The van der Waals surface area contributed by atoms with E-state index in [1.807, 2.05) is 13.8 Å². The molecule has 2 rings (SSSR count). The Morgan fingerprint density at radius 2 is 2.06 bits per heavy atom. The van der Waals surface area contributed by atoms with Crippen LogP contribution >= 0.6 is 0 Å². The Labute approximate surface area is 102 Å². The summed E-state index contributed by atoms with van der Waals surface area (Å²) in [7, 11) is 0. The molecule has 0 unspecified atom stereocenters. The summed E-state index contributed by atoms with van der Waals surface area (Å²) in [5.74, 6) is 1.73. The number of anilines is 1. The minimum absolute atomic E-state index is 0.0676. The smallest absolute Gasteiger partial charge is 0.252 e. The van der Waals surface area contributed by atoms with E-state index >= 15 is 0 Å². The summed E-state index contributed by atoms with van der Waals surface area (Å²) in [6.07, 6.45) is 6.25. The van der Waals surface area contributed by atoms with Gasteiger partial charge >= 0.3 is 0 Å². The SMILES string of the molecule is CC(C)c1nc(NC2CCCCC2)cc(=O)[nH]1. The predicted molar refractivity (Wildman–Crippen MR) is 69.4 cm³/mol. The van der Waals surface area contributed by atoms with Gasteiger partial charge in [-0.05, 0) is 12.8 Å². The zero-order valence-corrected chi connectivity index (χ0v) is 10.6. The van der Waals surface area contributed by atoms with Gasteiger partial charge in [0.2, 0.25) is 0 Å². The largest absolute Gasteiger partial charge is 0.367 e. The molecular weight excluding hydrogens is 214 g/mol. The number of hydrogen-bond acceptors (Lipinski definition) is 3. The van der Waals surface area contributed by atoms with Gasteiger partial charge in [0, 0.05) is 18.0 Å². The van der Waals surface area contributed by atoms with Gasteiger partial charge in [0.05, 0.1) is 0 Å². The Hall–Kier alpha value is -1.32. The van der Waals surface area contributed by atoms with Gasteiger partial charge in [-0.3, -0.25) is 4.79 Å². The number of aromatic nitrogens is 2. The van der Waals surface area contributed by atoms with Crippen molar-refractivity contribution < 1.29 is 0 Å². The Bertz CT molecular complexity index is 419. The van der Waals surface area contributed by atoms with Crippen LogP contribution < -0.4 is 10.9 Å². The van der Waals surface area contributed by atoms with Crippen LogP contribution in [0.2, 0.25) is 0 Å². The highest BCUT2D eigenvalue weighted by molar-refractivity contribution is 5.34. The molecule has 0 aliphatic heterocycles. The van der Waals surface area contributed by atoms with Crippen LogP contribution in [0, 0.1) is 0 Å². The van der Waals surface area contributed by atoms with Crippen LogP contribution in [-0.2, 0) is 0 Å². The lowest BCUT2D eigenvalue weighted by Gasteiger charge is -2.23. The fourth-order valence-electron chi connectivity index (χ4n) is 2.28. The first-order chi connectivity index (χ1) is 8.15. The maximum Gasteiger partial charge on any atom is 0.252 e. The van der Waals surface area contributed by atoms with Crippen molar-refractivity contribution in [3.63, 3.8) is 0 Å². The number of nitrogens with one attached hydrogen (secondary N) is 2. The maximum absolute atomic E-state index is 11.5. The fraction of sp³-hybridized carbons (Fsp3) is 0.692. The minimum Gasteiger partial charge on any atom is -0.367 e. The summed E-state index contributed by atoms with van der Waals surface area (Å²) in [6, 6.07) is 2.04. The van der Waals surface area contributed by atoms with E-state index in [0.717, 1.165) is 11.6 Å². The average molecular weight is 235 g/mol. The molecule has 1 aromatic rings. The van der Waals surface area contributed by atoms with Crippen molar-refractivity contribution in [2.24, 2.45) is 0 Å². The molecule has 1 aromatic heterocycles. The predicted octanol–water partition coefficient (Wildman–Crippen LogP) is 2.64. The van der Waals surface area contributed by atoms with Crippen LogP contribution in [0.4, 0.5) is 5.82 Å². The van der Waals surface area contributed by atoms with E-state index in [4.69, 9.17) is 0 Å². The zero-order chi connectivity index (χ0) is 12.3. The standard InChI is InChI=1S/C13H21N3O/c1-9(2)13-15-11(8-12(17)16-13)14-10-6-4-3-5-7-10/h8-10H,3-7H2,1-2H3,(H2,14,15,16,17). The van der Waals surface area contributed by atoms with Crippen molar-refractivity contribution in [1.82, 2.24) is 9.97 Å². The van der Waals surface area contributed by atoms with E-state index in [0.29, 0.717) is 6.04 Å². The minimum atomic E-state index is -0.0676. The molecule has 0 spiro atoms. The highest BCUT2D eigenvalue weighted by Crippen LogP contribution is 2.20. The second-order valence-corrected chi connectivity index (χ2v) is 5.15. The van der Waals surface area contributed by atoms with Gasteiger partial charge in [0.1, 0.15) is 11.6 Å². The quantitative estimate of drug-likeness (QED) is 0.846. The summed E-state index contributed by atoms with van der Waals surface area (Å²) in [6.45, 7) is 4.06. The molecule has 1 saturated carbocycles. The Morgan fingerprint density at radius 3 is 2.71 bits per heavy atom. The van der Waals surface area contributed by atoms with Crippen LogP contribution in [0.15, 0.2) is 10.9 Å². The summed E-state index contributed by atoms with van der Waals surface area (Å²) < 4.78 is 0. The topological polar surface area (TPSA) is 57.8 Å². The van der Waals surface area contributed by atoms with Gasteiger partial charge in [-0.2, -0.15) is 0 Å².